The number of aromatic hydroxyl groups is 1. The summed E-state index contributed by atoms with van der Waals surface area (Å²) in [7, 11) is 0. The van der Waals surface area contributed by atoms with Gasteiger partial charge in [0.2, 0.25) is 0 Å². The van der Waals surface area contributed by atoms with E-state index in [1.54, 1.807) is 12.1 Å². The van der Waals surface area contributed by atoms with Gasteiger partial charge in [-0.15, -0.1) is 0 Å². The van der Waals surface area contributed by atoms with Crippen molar-refractivity contribution in [3.63, 3.8) is 0 Å². The van der Waals surface area contributed by atoms with Crippen molar-refractivity contribution in [2.75, 3.05) is 13.1 Å². The molecule has 2 rings (SSSR count). The summed E-state index contributed by atoms with van der Waals surface area (Å²) < 4.78 is 0. The molecule has 70 valence electrons. The lowest BCUT2D eigenvalue weighted by molar-refractivity contribution is -0.00288. The van der Waals surface area contributed by atoms with E-state index in [0.717, 1.165) is 25.2 Å². The predicted octanol–water partition coefficient (Wildman–Crippen LogP) is 0.569. The molecule has 1 heterocycles. The first-order valence-electron chi connectivity index (χ1n) is 4.42. The highest BCUT2D eigenvalue weighted by Gasteiger charge is 2.23. The topological polar surface area (TPSA) is 43.7 Å². The molecule has 0 amide bonds. The Morgan fingerprint density at radius 2 is 2.15 bits per heavy atom. The van der Waals surface area contributed by atoms with Crippen LogP contribution >= 0.6 is 0 Å². The summed E-state index contributed by atoms with van der Waals surface area (Å²) in [5.41, 5.74) is 1.09. The van der Waals surface area contributed by atoms with E-state index in [1.165, 1.54) is 0 Å². The van der Waals surface area contributed by atoms with E-state index in [4.69, 9.17) is 5.11 Å². The molecule has 0 aromatic heterocycles. The van der Waals surface area contributed by atoms with Gasteiger partial charge in [-0.25, -0.2) is 0 Å². The molecule has 1 aliphatic heterocycles. The Kier molecular flexibility index (Phi) is 2.20. The van der Waals surface area contributed by atoms with Crippen LogP contribution in [-0.2, 0) is 6.54 Å². The zero-order chi connectivity index (χ0) is 9.26. The van der Waals surface area contributed by atoms with E-state index in [0.29, 0.717) is 5.75 Å². The van der Waals surface area contributed by atoms with Crippen molar-refractivity contribution >= 4 is 0 Å². The molecule has 0 atom stereocenters. The average Bonchev–Trinajstić information content (AvgIpc) is 2.01. The molecule has 0 unspecified atom stereocenters. The quantitative estimate of drug-likeness (QED) is 0.697. The predicted molar refractivity (Wildman–Crippen MR) is 49.4 cm³/mol. The van der Waals surface area contributed by atoms with Crippen LogP contribution in [0.5, 0.6) is 5.75 Å². The third-order valence-corrected chi connectivity index (χ3v) is 2.25. The minimum absolute atomic E-state index is 0.155. The number of β-amino-alcohol motifs (C(OH)–C–C–N with tert-alkyl or cyclic N) is 1. The average molecular weight is 179 g/mol. The van der Waals surface area contributed by atoms with Crippen LogP contribution in [0.15, 0.2) is 24.3 Å². The molecule has 0 aliphatic carbocycles. The Morgan fingerprint density at radius 1 is 1.38 bits per heavy atom. The number of aliphatic hydroxyl groups is 1. The highest BCUT2D eigenvalue weighted by Crippen LogP contribution is 2.16. The van der Waals surface area contributed by atoms with Gasteiger partial charge >= 0.3 is 0 Å². The molecule has 3 heteroatoms. The second-order valence-corrected chi connectivity index (χ2v) is 3.52. The van der Waals surface area contributed by atoms with Crippen molar-refractivity contribution < 1.29 is 10.2 Å². The van der Waals surface area contributed by atoms with Crippen LogP contribution in [0.25, 0.3) is 0 Å². The van der Waals surface area contributed by atoms with Crippen LogP contribution in [0.3, 0.4) is 0 Å². The first-order valence-corrected chi connectivity index (χ1v) is 4.42. The summed E-state index contributed by atoms with van der Waals surface area (Å²) in [6.45, 7) is 2.30. The Labute approximate surface area is 77.2 Å². The molecule has 2 N–H and O–H groups in total. The van der Waals surface area contributed by atoms with Crippen LogP contribution in [-0.4, -0.2) is 34.3 Å². The summed E-state index contributed by atoms with van der Waals surface area (Å²) in [6.07, 6.45) is -0.155. The van der Waals surface area contributed by atoms with Gasteiger partial charge < -0.3 is 10.2 Å². The Morgan fingerprint density at radius 3 is 2.77 bits per heavy atom. The lowest BCUT2D eigenvalue weighted by Crippen LogP contribution is -2.49. The van der Waals surface area contributed by atoms with Gasteiger partial charge in [-0.2, -0.15) is 0 Å². The first kappa shape index (κ1) is 8.53. The number of phenolic OH excluding ortho intramolecular Hbond substituents is 1. The van der Waals surface area contributed by atoms with Crippen LogP contribution in [0.2, 0.25) is 0 Å². The summed E-state index contributed by atoms with van der Waals surface area (Å²) in [4.78, 5) is 2.14. The van der Waals surface area contributed by atoms with Crippen molar-refractivity contribution in [2.24, 2.45) is 0 Å². The molecule has 1 aromatic carbocycles. The largest absolute Gasteiger partial charge is 0.508 e. The SMILES string of the molecule is Oc1cccc(CN2CC(O)C2)c1. The third kappa shape index (κ3) is 1.99. The van der Waals surface area contributed by atoms with E-state index >= 15 is 0 Å². The van der Waals surface area contributed by atoms with Gasteiger partial charge in [0, 0.05) is 19.6 Å². The highest BCUT2D eigenvalue weighted by molar-refractivity contribution is 5.27. The normalized spacial score (nSPS) is 18.5. The number of hydrogen-bond donors (Lipinski definition) is 2. The minimum atomic E-state index is -0.155. The maximum Gasteiger partial charge on any atom is 0.115 e. The van der Waals surface area contributed by atoms with Gasteiger partial charge in [-0.1, -0.05) is 12.1 Å². The van der Waals surface area contributed by atoms with Gasteiger partial charge in [-0.3, -0.25) is 4.90 Å². The van der Waals surface area contributed by atoms with Crippen molar-refractivity contribution in [2.45, 2.75) is 12.6 Å². The van der Waals surface area contributed by atoms with Gasteiger partial charge in [-0.05, 0) is 17.7 Å². The van der Waals surface area contributed by atoms with E-state index in [2.05, 4.69) is 4.90 Å². The molecule has 1 aromatic rings. The Balaban J connectivity index is 1.94. The molecular formula is C10H13NO2. The van der Waals surface area contributed by atoms with Crippen molar-refractivity contribution in [3.05, 3.63) is 29.8 Å². The standard InChI is InChI=1S/C10H13NO2/c12-9-3-1-2-8(4-9)5-11-6-10(13)7-11/h1-4,10,12-13H,5-7H2. The molecule has 1 saturated heterocycles. The fourth-order valence-corrected chi connectivity index (χ4v) is 1.58. The van der Waals surface area contributed by atoms with Crippen molar-refractivity contribution in [1.82, 2.24) is 4.90 Å². The summed E-state index contributed by atoms with van der Waals surface area (Å²) in [5, 5.41) is 18.3. The van der Waals surface area contributed by atoms with Crippen molar-refractivity contribution in [3.8, 4) is 5.75 Å². The number of nitrogens with zero attached hydrogens (tertiary/aromatic N) is 1. The fraction of sp³-hybridized carbons (Fsp3) is 0.400. The third-order valence-electron chi connectivity index (χ3n) is 2.25. The summed E-state index contributed by atoms with van der Waals surface area (Å²) in [6, 6.07) is 7.23. The summed E-state index contributed by atoms with van der Waals surface area (Å²) in [5.74, 6) is 0.304. The molecule has 0 saturated carbocycles. The number of rotatable bonds is 2. The van der Waals surface area contributed by atoms with E-state index in [1.807, 2.05) is 12.1 Å². The van der Waals surface area contributed by atoms with Gasteiger partial charge in [0.05, 0.1) is 6.10 Å². The summed E-state index contributed by atoms with van der Waals surface area (Å²) >= 11 is 0. The maximum atomic E-state index is 9.20. The molecule has 1 aliphatic rings. The molecule has 0 bridgehead atoms. The lowest BCUT2D eigenvalue weighted by atomic mass is 10.1. The van der Waals surface area contributed by atoms with Crippen LogP contribution < -0.4 is 0 Å². The second kappa shape index (κ2) is 3.36. The van der Waals surface area contributed by atoms with Crippen molar-refractivity contribution in [1.29, 1.82) is 0 Å². The molecule has 0 radical (unpaired) electrons. The first-order chi connectivity index (χ1) is 6.24. The van der Waals surface area contributed by atoms with Gasteiger partial charge in [0.1, 0.15) is 5.75 Å². The number of likely N-dealkylation sites (tertiary alicyclic amines) is 1. The van der Waals surface area contributed by atoms with Crippen LogP contribution in [0.1, 0.15) is 5.56 Å². The monoisotopic (exact) mass is 179 g/mol. The van der Waals surface area contributed by atoms with E-state index in [9.17, 15) is 5.11 Å². The fourth-order valence-electron chi connectivity index (χ4n) is 1.58. The Bertz CT molecular complexity index is 295. The number of hydrogen-bond acceptors (Lipinski definition) is 3. The zero-order valence-corrected chi connectivity index (χ0v) is 7.35. The number of benzene rings is 1. The second-order valence-electron chi connectivity index (χ2n) is 3.52. The molecule has 0 spiro atoms. The molecular weight excluding hydrogens is 166 g/mol. The molecule has 13 heavy (non-hydrogen) atoms. The van der Waals surface area contributed by atoms with Gasteiger partial charge in [0.25, 0.3) is 0 Å². The number of phenols is 1. The molecule has 3 nitrogen and oxygen atoms in total. The maximum absolute atomic E-state index is 9.20. The smallest absolute Gasteiger partial charge is 0.115 e. The van der Waals surface area contributed by atoms with E-state index in [-0.39, 0.29) is 6.10 Å². The number of aliphatic hydroxyl groups excluding tert-OH is 1. The van der Waals surface area contributed by atoms with E-state index < -0.39 is 0 Å². The van der Waals surface area contributed by atoms with Gasteiger partial charge in [0.15, 0.2) is 0 Å². The van der Waals surface area contributed by atoms with Crippen LogP contribution in [0, 0.1) is 0 Å². The lowest BCUT2D eigenvalue weighted by Gasteiger charge is -2.35. The minimum Gasteiger partial charge on any atom is -0.508 e. The highest BCUT2D eigenvalue weighted by atomic mass is 16.3. The molecule has 1 fully saturated rings. The zero-order valence-electron chi connectivity index (χ0n) is 7.35. The van der Waals surface area contributed by atoms with Crippen LogP contribution in [0.4, 0.5) is 0 Å². The Hall–Kier alpha value is -1.06.